The third-order valence-corrected chi connectivity index (χ3v) is 5.40. The zero-order valence-corrected chi connectivity index (χ0v) is 18.5. The Hall–Kier alpha value is -3.02. The Morgan fingerprint density at radius 2 is 1.84 bits per heavy atom. The number of para-hydroxylation sites is 1. The molecule has 1 aliphatic heterocycles. The topological polar surface area (TPSA) is 70.7 Å². The quantitative estimate of drug-likeness (QED) is 0.560. The maximum Gasteiger partial charge on any atom is 0.226 e. The fourth-order valence-electron chi connectivity index (χ4n) is 3.78. The minimum absolute atomic E-state index is 0.0651. The van der Waals surface area contributed by atoms with Gasteiger partial charge in [0.15, 0.2) is 0 Å². The highest BCUT2D eigenvalue weighted by molar-refractivity contribution is 5.92. The van der Waals surface area contributed by atoms with Gasteiger partial charge in [-0.15, -0.1) is 0 Å². The van der Waals surface area contributed by atoms with E-state index in [-0.39, 0.29) is 24.3 Å². The number of rotatable bonds is 10. The molecular formula is C25H33N3O3. The molecule has 6 nitrogen and oxygen atoms in total. The SMILES string of the molecule is Cc1ccccc1OCCCC(=O)NC(C)CC(=O)Nc1cccc(N2CCCC2)c1. The van der Waals surface area contributed by atoms with Crippen molar-refractivity contribution in [2.75, 3.05) is 29.9 Å². The monoisotopic (exact) mass is 423 g/mol. The Bertz CT molecular complexity index is 878. The van der Waals surface area contributed by atoms with Crippen molar-refractivity contribution in [1.82, 2.24) is 5.32 Å². The van der Waals surface area contributed by atoms with E-state index < -0.39 is 0 Å². The summed E-state index contributed by atoms with van der Waals surface area (Å²) in [6.45, 7) is 6.47. The summed E-state index contributed by atoms with van der Waals surface area (Å²) in [6.07, 6.45) is 3.66. The van der Waals surface area contributed by atoms with Gasteiger partial charge in [0.2, 0.25) is 11.8 Å². The lowest BCUT2D eigenvalue weighted by Crippen LogP contribution is -2.35. The van der Waals surface area contributed by atoms with E-state index in [0.29, 0.717) is 19.4 Å². The van der Waals surface area contributed by atoms with Crippen LogP contribution in [0.25, 0.3) is 0 Å². The molecule has 166 valence electrons. The van der Waals surface area contributed by atoms with Crippen molar-refractivity contribution in [1.29, 1.82) is 0 Å². The smallest absolute Gasteiger partial charge is 0.226 e. The van der Waals surface area contributed by atoms with Crippen LogP contribution in [0.15, 0.2) is 48.5 Å². The van der Waals surface area contributed by atoms with Crippen molar-refractivity contribution < 1.29 is 14.3 Å². The average molecular weight is 424 g/mol. The summed E-state index contributed by atoms with van der Waals surface area (Å²) in [5.41, 5.74) is 3.02. The third kappa shape index (κ3) is 7.31. The maximum absolute atomic E-state index is 12.4. The van der Waals surface area contributed by atoms with Crippen LogP contribution in [0.3, 0.4) is 0 Å². The van der Waals surface area contributed by atoms with Crippen LogP contribution >= 0.6 is 0 Å². The van der Waals surface area contributed by atoms with Crippen LogP contribution in [0.4, 0.5) is 11.4 Å². The maximum atomic E-state index is 12.4. The Morgan fingerprint density at radius 1 is 1.06 bits per heavy atom. The molecular weight excluding hydrogens is 390 g/mol. The van der Waals surface area contributed by atoms with Crippen LogP contribution in [-0.2, 0) is 9.59 Å². The lowest BCUT2D eigenvalue weighted by molar-refractivity contribution is -0.122. The molecule has 31 heavy (non-hydrogen) atoms. The van der Waals surface area contributed by atoms with Gasteiger partial charge < -0.3 is 20.3 Å². The van der Waals surface area contributed by atoms with E-state index in [4.69, 9.17) is 4.74 Å². The van der Waals surface area contributed by atoms with Gasteiger partial charge >= 0.3 is 0 Å². The fourth-order valence-corrected chi connectivity index (χ4v) is 3.78. The lowest BCUT2D eigenvalue weighted by atomic mass is 10.2. The van der Waals surface area contributed by atoms with E-state index in [1.807, 2.05) is 56.3 Å². The van der Waals surface area contributed by atoms with Gasteiger partial charge in [-0.1, -0.05) is 24.3 Å². The molecule has 0 aromatic heterocycles. The van der Waals surface area contributed by atoms with Gasteiger partial charge in [-0.25, -0.2) is 0 Å². The molecule has 2 aromatic rings. The molecule has 1 saturated heterocycles. The number of benzene rings is 2. The zero-order valence-electron chi connectivity index (χ0n) is 18.5. The van der Waals surface area contributed by atoms with Gasteiger partial charge in [0.1, 0.15) is 5.75 Å². The largest absolute Gasteiger partial charge is 0.493 e. The number of nitrogens with zero attached hydrogens (tertiary/aromatic N) is 1. The summed E-state index contributed by atoms with van der Waals surface area (Å²) in [7, 11) is 0. The predicted molar refractivity (Wildman–Crippen MR) is 125 cm³/mol. The van der Waals surface area contributed by atoms with Crippen molar-refractivity contribution in [3.05, 3.63) is 54.1 Å². The van der Waals surface area contributed by atoms with E-state index >= 15 is 0 Å². The minimum Gasteiger partial charge on any atom is -0.493 e. The molecule has 2 aromatic carbocycles. The Kier molecular flexibility index (Phi) is 8.33. The lowest BCUT2D eigenvalue weighted by Gasteiger charge is -2.19. The number of nitrogens with one attached hydrogen (secondary N) is 2. The zero-order chi connectivity index (χ0) is 22.1. The van der Waals surface area contributed by atoms with Crippen LogP contribution in [0, 0.1) is 6.92 Å². The molecule has 1 heterocycles. The number of amides is 2. The van der Waals surface area contributed by atoms with E-state index in [1.165, 1.54) is 12.8 Å². The first-order chi connectivity index (χ1) is 15.0. The standard InChI is InChI=1S/C25H33N3O3/c1-19-9-3-4-12-23(19)31-16-8-13-24(29)26-20(2)17-25(30)27-21-10-7-11-22(18-21)28-14-5-6-15-28/h3-4,7,9-12,18,20H,5-6,8,13-17H2,1-2H3,(H,26,29)(H,27,30). The summed E-state index contributed by atoms with van der Waals surface area (Å²) in [4.78, 5) is 26.9. The van der Waals surface area contributed by atoms with Crippen LogP contribution < -0.4 is 20.3 Å². The summed E-state index contributed by atoms with van der Waals surface area (Å²) >= 11 is 0. The summed E-state index contributed by atoms with van der Waals surface area (Å²) in [5.74, 6) is 0.681. The van der Waals surface area contributed by atoms with Crippen molar-refractivity contribution in [3.8, 4) is 5.75 Å². The summed E-state index contributed by atoms with van der Waals surface area (Å²) < 4.78 is 5.72. The second-order valence-electron chi connectivity index (χ2n) is 8.18. The summed E-state index contributed by atoms with van der Waals surface area (Å²) in [6, 6.07) is 15.6. The Morgan fingerprint density at radius 3 is 2.61 bits per heavy atom. The molecule has 0 bridgehead atoms. The van der Waals surface area contributed by atoms with Crippen molar-refractivity contribution in [2.24, 2.45) is 0 Å². The van der Waals surface area contributed by atoms with Gasteiger partial charge in [-0.2, -0.15) is 0 Å². The van der Waals surface area contributed by atoms with E-state index in [2.05, 4.69) is 21.6 Å². The molecule has 1 atom stereocenters. The molecule has 6 heteroatoms. The normalized spacial score (nSPS) is 14.2. The first kappa shape index (κ1) is 22.7. The molecule has 1 aliphatic rings. The van der Waals surface area contributed by atoms with Crippen LogP contribution in [-0.4, -0.2) is 37.6 Å². The number of carbonyl (C=O) groups is 2. The Labute approximate surface area is 185 Å². The second kappa shape index (κ2) is 11.4. The van der Waals surface area contributed by atoms with Gasteiger partial charge in [0.25, 0.3) is 0 Å². The molecule has 0 saturated carbocycles. The molecule has 2 N–H and O–H groups in total. The molecule has 1 fully saturated rings. The van der Waals surface area contributed by atoms with E-state index in [1.54, 1.807) is 0 Å². The number of anilines is 2. The molecule has 0 aliphatic carbocycles. The highest BCUT2D eigenvalue weighted by atomic mass is 16.5. The first-order valence-electron chi connectivity index (χ1n) is 11.1. The molecule has 0 spiro atoms. The van der Waals surface area contributed by atoms with E-state index in [9.17, 15) is 9.59 Å². The number of hydrogen-bond donors (Lipinski definition) is 2. The van der Waals surface area contributed by atoms with Crippen LogP contribution in [0.5, 0.6) is 5.75 Å². The molecule has 3 rings (SSSR count). The van der Waals surface area contributed by atoms with Gasteiger partial charge in [-0.05, 0) is 62.9 Å². The third-order valence-electron chi connectivity index (χ3n) is 5.40. The fraction of sp³-hybridized carbons (Fsp3) is 0.440. The molecule has 2 amide bonds. The number of aryl methyl sites for hydroxylation is 1. The number of carbonyl (C=O) groups excluding carboxylic acids is 2. The van der Waals surface area contributed by atoms with Crippen LogP contribution in [0.1, 0.15) is 44.6 Å². The highest BCUT2D eigenvalue weighted by Crippen LogP contribution is 2.23. The van der Waals surface area contributed by atoms with E-state index in [0.717, 1.165) is 35.8 Å². The van der Waals surface area contributed by atoms with Crippen LogP contribution in [0.2, 0.25) is 0 Å². The van der Waals surface area contributed by atoms with Crippen molar-refractivity contribution >= 4 is 23.2 Å². The minimum atomic E-state index is -0.230. The first-order valence-corrected chi connectivity index (χ1v) is 11.1. The predicted octanol–water partition coefficient (Wildman–Crippen LogP) is 4.29. The second-order valence-corrected chi connectivity index (χ2v) is 8.18. The molecule has 1 unspecified atom stereocenters. The van der Waals surface area contributed by atoms with Crippen molar-refractivity contribution in [3.63, 3.8) is 0 Å². The van der Waals surface area contributed by atoms with Gasteiger partial charge in [0, 0.05) is 43.3 Å². The number of ether oxygens (including phenoxy) is 1. The molecule has 0 radical (unpaired) electrons. The number of hydrogen-bond acceptors (Lipinski definition) is 4. The highest BCUT2D eigenvalue weighted by Gasteiger charge is 2.15. The summed E-state index contributed by atoms with van der Waals surface area (Å²) in [5, 5.41) is 5.85. The van der Waals surface area contributed by atoms with Crippen molar-refractivity contribution in [2.45, 2.75) is 52.0 Å². The van der Waals surface area contributed by atoms with Gasteiger partial charge in [-0.3, -0.25) is 9.59 Å². The average Bonchev–Trinajstić information content (AvgIpc) is 3.27. The Balaban J connectivity index is 1.35. The van der Waals surface area contributed by atoms with Gasteiger partial charge in [0.05, 0.1) is 6.61 Å².